The Bertz CT molecular complexity index is 1230. The van der Waals surface area contributed by atoms with Crippen LogP contribution >= 0.6 is 7.82 Å². The summed E-state index contributed by atoms with van der Waals surface area (Å²) >= 11 is 0. The van der Waals surface area contributed by atoms with E-state index in [-0.39, 0.29) is 12.8 Å². The van der Waals surface area contributed by atoms with Crippen LogP contribution in [0.3, 0.4) is 0 Å². The van der Waals surface area contributed by atoms with E-state index in [0.717, 1.165) is 77.0 Å². The van der Waals surface area contributed by atoms with Gasteiger partial charge in [-0.25, -0.2) is 4.57 Å². The number of phosphoric ester groups is 1. The van der Waals surface area contributed by atoms with Crippen LogP contribution in [0.1, 0.15) is 200 Å². The summed E-state index contributed by atoms with van der Waals surface area (Å²) in [5.41, 5.74) is 0. The molecule has 0 saturated heterocycles. The normalized spacial score (nSPS) is 22.1. The summed E-state index contributed by atoms with van der Waals surface area (Å²) in [4.78, 5) is 35.7. The standard InChI is InChI=1S/C48H87O13P/c1-3-5-7-9-11-13-15-17-19-20-21-23-24-26-28-30-32-34-36-41(49)58-38-40(39-59-62(56,57)61-48-46(54)44(52)43(51)45(53)47(48)55)60-42(50)37-35-33-31-29-27-25-22-18-16-14-12-10-8-6-4-2/h12,14,18-20,22,40,43-48,51-55H,3-11,13,15-17,21,23-39H2,1-2H3,(H,56,57)/b14-12-,20-19-,22-18-. The fourth-order valence-corrected chi connectivity index (χ4v) is 8.23. The number of hydrogen-bond acceptors (Lipinski definition) is 12. The molecule has 1 saturated carbocycles. The average molecular weight is 903 g/mol. The van der Waals surface area contributed by atoms with Crippen LogP contribution in [-0.2, 0) is 32.7 Å². The highest BCUT2D eigenvalue weighted by Crippen LogP contribution is 2.47. The first kappa shape index (κ1) is 58.1. The second-order valence-corrected chi connectivity index (χ2v) is 18.4. The number of unbranched alkanes of at least 4 members (excludes halogenated alkanes) is 22. The molecule has 1 aliphatic rings. The molecular formula is C48H87O13P. The van der Waals surface area contributed by atoms with Crippen LogP contribution in [-0.4, -0.2) is 98.3 Å². The maximum Gasteiger partial charge on any atom is 0.472 e. The van der Waals surface area contributed by atoms with Crippen LogP contribution < -0.4 is 0 Å². The zero-order valence-electron chi connectivity index (χ0n) is 38.4. The molecule has 14 heteroatoms. The second kappa shape index (κ2) is 38.3. The minimum absolute atomic E-state index is 0.0802. The van der Waals surface area contributed by atoms with Crippen LogP contribution in [0.4, 0.5) is 0 Å². The van der Waals surface area contributed by atoms with Crippen molar-refractivity contribution in [2.24, 2.45) is 0 Å². The number of carbonyl (C=O) groups excluding carboxylic acids is 2. The van der Waals surface area contributed by atoms with Gasteiger partial charge in [-0.1, -0.05) is 153 Å². The molecular weight excluding hydrogens is 815 g/mol. The van der Waals surface area contributed by atoms with Gasteiger partial charge >= 0.3 is 19.8 Å². The average Bonchev–Trinajstić information content (AvgIpc) is 3.25. The maximum absolute atomic E-state index is 12.8. The van der Waals surface area contributed by atoms with Crippen molar-refractivity contribution in [3.63, 3.8) is 0 Å². The first-order valence-electron chi connectivity index (χ1n) is 24.3. The largest absolute Gasteiger partial charge is 0.472 e. The minimum Gasteiger partial charge on any atom is -0.462 e. The molecule has 0 aromatic heterocycles. The maximum atomic E-state index is 12.8. The number of phosphoric acid groups is 1. The van der Waals surface area contributed by atoms with Crippen molar-refractivity contribution in [1.29, 1.82) is 0 Å². The van der Waals surface area contributed by atoms with Gasteiger partial charge in [0.2, 0.25) is 0 Å². The predicted octanol–water partition coefficient (Wildman–Crippen LogP) is 9.78. The predicted molar refractivity (Wildman–Crippen MR) is 244 cm³/mol. The fraction of sp³-hybridized carbons (Fsp3) is 0.833. The van der Waals surface area contributed by atoms with Gasteiger partial charge in [-0.15, -0.1) is 0 Å². The van der Waals surface area contributed by atoms with Crippen molar-refractivity contribution in [1.82, 2.24) is 0 Å². The van der Waals surface area contributed by atoms with Gasteiger partial charge in [0.1, 0.15) is 43.2 Å². The molecule has 6 unspecified atom stereocenters. The summed E-state index contributed by atoms with van der Waals surface area (Å²) < 4.78 is 33.6. The fourth-order valence-electron chi connectivity index (χ4n) is 7.25. The summed E-state index contributed by atoms with van der Waals surface area (Å²) in [6.45, 7) is 3.26. The van der Waals surface area contributed by atoms with Crippen LogP contribution in [0.25, 0.3) is 0 Å². The zero-order chi connectivity index (χ0) is 45.7. The molecule has 0 radical (unpaired) electrons. The lowest BCUT2D eigenvalue weighted by Gasteiger charge is -2.41. The highest BCUT2D eigenvalue weighted by atomic mass is 31.2. The molecule has 6 atom stereocenters. The van der Waals surface area contributed by atoms with Crippen molar-refractivity contribution in [3.05, 3.63) is 36.5 Å². The van der Waals surface area contributed by atoms with Gasteiger partial charge in [0, 0.05) is 12.8 Å². The van der Waals surface area contributed by atoms with E-state index in [0.29, 0.717) is 12.8 Å². The van der Waals surface area contributed by atoms with Crippen molar-refractivity contribution in [2.45, 2.75) is 243 Å². The molecule has 0 amide bonds. The summed E-state index contributed by atoms with van der Waals surface area (Å²) in [6.07, 6.45) is 30.5. The Morgan fingerprint density at radius 1 is 0.500 bits per heavy atom. The molecule has 362 valence electrons. The molecule has 6 N–H and O–H groups in total. The van der Waals surface area contributed by atoms with Gasteiger partial charge in [0.15, 0.2) is 6.10 Å². The third-order valence-electron chi connectivity index (χ3n) is 11.2. The van der Waals surface area contributed by atoms with Gasteiger partial charge in [-0.05, 0) is 70.6 Å². The Kier molecular flexibility index (Phi) is 35.9. The summed E-state index contributed by atoms with van der Waals surface area (Å²) in [5, 5.41) is 50.2. The summed E-state index contributed by atoms with van der Waals surface area (Å²) in [5.74, 6) is -1.12. The van der Waals surface area contributed by atoms with Gasteiger partial charge in [0.05, 0.1) is 6.61 Å². The Morgan fingerprint density at radius 3 is 1.35 bits per heavy atom. The van der Waals surface area contributed by atoms with Gasteiger partial charge < -0.3 is 39.9 Å². The zero-order valence-corrected chi connectivity index (χ0v) is 39.3. The van der Waals surface area contributed by atoms with Crippen LogP contribution in [0.2, 0.25) is 0 Å². The number of rotatable bonds is 40. The molecule has 1 fully saturated rings. The number of aliphatic hydroxyl groups is 5. The van der Waals surface area contributed by atoms with Gasteiger partial charge in [-0.3, -0.25) is 18.6 Å². The molecule has 0 aromatic rings. The molecule has 0 bridgehead atoms. The molecule has 1 rings (SSSR count). The Labute approximate surface area is 374 Å². The number of ether oxygens (including phenoxy) is 2. The lowest BCUT2D eigenvalue weighted by Crippen LogP contribution is -2.64. The molecule has 1 aliphatic carbocycles. The number of hydrogen-bond donors (Lipinski definition) is 6. The van der Waals surface area contributed by atoms with E-state index in [1.54, 1.807) is 0 Å². The quantitative estimate of drug-likeness (QED) is 0.0147. The van der Waals surface area contributed by atoms with Crippen molar-refractivity contribution in [3.8, 4) is 0 Å². The van der Waals surface area contributed by atoms with E-state index in [4.69, 9.17) is 18.5 Å². The highest BCUT2D eigenvalue weighted by molar-refractivity contribution is 7.47. The van der Waals surface area contributed by atoms with E-state index >= 15 is 0 Å². The van der Waals surface area contributed by atoms with Crippen molar-refractivity contribution >= 4 is 19.8 Å². The molecule has 13 nitrogen and oxygen atoms in total. The monoisotopic (exact) mass is 903 g/mol. The Hall–Kier alpha value is -1.93. The number of allylic oxidation sites excluding steroid dienone is 6. The molecule has 0 aromatic carbocycles. The van der Waals surface area contributed by atoms with Crippen LogP contribution in [0.15, 0.2) is 36.5 Å². The first-order chi connectivity index (χ1) is 29.9. The summed E-state index contributed by atoms with van der Waals surface area (Å²) in [7, 11) is -5.12. The van der Waals surface area contributed by atoms with Gasteiger partial charge in [-0.2, -0.15) is 0 Å². The van der Waals surface area contributed by atoms with Crippen molar-refractivity contribution < 1.29 is 63.1 Å². The third-order valence-corrected chi connectivity index (χ3v) is 12.2. The molecule has 0 heterocycles. The van der Waals surface area contributed by atoms with Crippen LogP contribution in [0.5, 0.6) is 0 Å². The third kappa shape index (κ3) is 30.3. The first-order valence-corrected chi connectivity index (χ1v) is 25.8. The molecule has 62 heavy (non-hydrogen) atoms. The smallest absolute Gasteiger partial charge is 0.462 e. The number of carbonyl (C=O) groups is 2. The molecule has 0 spiro atoms. The number of esters is 2. The second-order valence-electron chi connectivity index (χ2n) is 17.0. The van der Waals surface area contributed by atoms with E-state index in [1.807, 2.05) is 0 Å². The van der Waals surface area contributed by atoms with E-state index in [1.165, 1.54) is 83.5 Å². The van der Waals surface area contributed by atoms with Crippen molar-refractivity contribution in [2.75, 3.05) is 13.2 Å². The summed E-state index contributed by atoms with van der Waals surface area (Å²) in [6, 6.07) is 0. The number of aliphatic hydroxyl groups excluding tert-OH is 5. The van der Waals surface area contributed by atoms with Crippen LogP contribution in [0, 0.1) is 0 Å². The van der Waals surface area contributed by atoms with E-state index in [2.05, 4.69) is 50.3 Å². The Morgan fingerprint density at radius 2 is 0.871 bits per heavy atom. The van der Waals surface area contributed by atoms with E-state index < -0.39 is 75.7 Å². The minimum atomic E-state index is -5.12. The molecule has 0 aliphatic heterocycles. The lowest BCUT2D eigenvalue weighted by atomic mass is 9.85. The highest BCUT2D eigenvalue weighted by Gasteiger charge is 2.51. The lowest BCUT2D eigenvalue weighted by molar-refractivity contribution is -0.220. The SMILES string of the molecule is CCCCC/C=C\C/C=C\CCCCCCCC(=O)OC(COC(=O)CCCCCCCCC/C=C\CCCCCCCCC)COP(=O)(O)OC1C(O)C(O)C(O)C(O)C1O. The topological polar surface area (TPSA) is 210 Å². The van der Waals surface area contributed by atoms with Gasteiger partial charge in [0.25, 0.3) is 0 Å². The Balaban J connectivity index is 2.44. The van der Waals surface area contributed by atoms with E-state index in [9.17, 15) is 44.6 Å².